The van der Waals surface area contributed by atoms with E-state index >= 15 is 0 Å². The Labute approximate surface area is 129 Å². The summed E-state index contributed by atoms with van der Waals surface area (Å²) >= 11 is 1.73. The molecule has 0 saturated carbocycles. The number of rotatable bonds is 5. The Hall–Kier alpha value is -1.91. The molecule has 0 aliphatic rings. The normalized spacial score (nSPS) is 12.5. The molecule has 0 amide bonds. The number of hydrogen-bond donors (Lipinski definition) is 2. The van der Waals surface area contributed by atoms with Crippen LogP contribution in [0.1, 0.15) is 29.7 Å². The molecule has 3 aromatic rings. The molecule has 108 valence electrons. The summed E-state index contributed by atoms with van der Waals surface area (Å²) in [5.74, 6) is 0. The van der Waals surface area contributed by atoms with Crippen LogP contribution in [0.2, 0.25) is 0 Å². The lowest BCUT2D eigenvalue weighted by Gasteiger charge is -2.16. The van der Waals surface area contributed by atoms with Crippen LogP contribution in [0.4, 0.5) is 0 Å². The van der Waals surface area contributed by atoms with Gasteiger partial charge in [0.05, 0.1) is 16.8 Å². The van der Waals surface area contributed by atoms with Gasteiger partial charge in [0.2, 0.25) is 0 Å². The van der Waals surface area contributed by atoms with Crippen molar-refractivity contribution in [1.82, 2.24) is 15.5 Å². The second kappa shape index (κ2) is 6.24. The summed E-state index contributed by atoms with van der Waals surface area (Å²) in [4.78, 5) is 1.23. The van der Waals surface area contributed by atoms with Gasteiger partial charge in [0.25, 0.3) is 0 Å². The minimum absolute atomic E-state index is 0.317. The third-order valence-corrected chi connectivity index (χ3v) is 4.63. The molecule has 3 nitrogen and oxygen atoms in total. The molecule has 0 spiro atoms. The number of aromatic nitrogens is 2. The van der Waals surface area contributed by atoms with E-state index in [9.17, 15) is 0 Å². The molecule has 0 aliphatic heterocycles. The van der Waals surface area contributed by atoms with Crippen LogP contribution in [0.5, 0.6) is 0 Å². The quantitative estimate of drug-likeness (QED) is 0.737. The van der Waals surface area contributed by atoms with Gasteiger partial charge in [-0.1, -0.05) is 30.3 Å². The first kappa shape index (κ1) is 14.0. The SMILES string of the molecule is Cc1ccccc1[C@H](C)NCc1cn[nH]c1-c1cccs1. The maximum absolute atomic E-state index is 4.19. The van der Waals surface area contributed by atoms with Crippen molar-refractivity contribution in [3.63, 3.8) is 0 Å². The first-order valence-electron chi connectivity index (χ1n) is 7.10. The van der Waals surface area contributed by atoms with E-state index in [1.807, 2.05) is 6.20 Å². The second-order valence-corrected chi connectivity index (χ2v) is 6.15. The number of hydrogen-bond acceptors (Lipinski definition) is 3. The van der Waals surface area contributed by atoms with Crippen molar-refractivity contribution in [2.45, 2.75) is 26.4 Å². The van der Waals surface area contributed by atoms with Crippen molar-refractivity contribution in [3.8, 4) is 10.6 Å². The van der Waals surface area contributed by atoms with Crippen LogP contribution in [0.3, 0.4) is 0 Å². The molecule has 0 radical (unpaired) electrons. The zero-order valence-corrected chi connectivity index (χ0v) is 13.1. The second-order valence-electron chi connectivity index (χ2n) is 5.21. The topological polar surface area (TPSA) is 40.7 Å². The van der Waals surface area contributed by atoms with Crippen LogP contribution in [0.25, 0.3) is 10.6 Å². The molecule has 4 heteroatoms. The molecule has 3 rings (SSSR count). The van der Waals surface area contributed by atoms with Crippen molar-refractivity contribution in [1.29, 1.82) is 0 Å². The van der Waals surface area contributed by atoms with E-state index in [1.54, 1.807) is 11.3 Å². The van der Waals surface area contributed by atoms with E-state index in [4.69, 9.17) is 0 Å². The van der Waals surface area contributed by atoms with Crippen molar-refractivity contribution >= 4 is 11.3 Å². The summed E-state index contributed by atoms with van der Waals surface area (Å²) in [7, 11) is 0. The van der Waals surface area contributed by atoms with Gasteiger partial charge in [-0.2, -0.15) is 5.10 Å². The summed E-state index contributed by atoms with van der Waals surface area (Å²) in [5.41, 5.74) is 4.99. The van der Waals surface area contributed by atoms with Gasteiger partial charge in [0, 0.05) is 18.2 Å². The summed E-state index contributed by atoms with van der Waals surface area (Å²) < 4.78 is 0. The van der Waals surface area contributed by atoms with Crippen LogP contribution >= 0.6 is 11.3 Å². The van der Waals surface area contributed by atoms with E-state index in [2.05, 4.69) is 71.1 Å². The average Bonchev–Trinajstić information content (AvgIpc) is 3.16. The molecule has 0 unspecified atom stereocenters. The number of nitrogens with zero attached hydrogens (tertiary/aromatic N) is 1. The number of H-pyrrole nitrogens is 1. The molecule has 0 aliphatic carbocycles. The minimum atomic E-state index is 0.317. The Bertz CT molecular complexity index is 700. The predicted molar refractivity (Wildman–Crippen MR) is 88.3 cm³/mol. The first-order valence-corrected chi connectivity index (χ1v) is 7.98. The van der Waals surface area contributed by atoms with Gasteiger partial charge in [0.1, 0.15) is 0 Å². The number of aromatic amines is 1. The monoisotopic (exact) mass is 297 g/mol. The number of thiophene rings is 1. The third-order valence-electron chi connectivity index (χ3n) is 3.74. The lowest BCUT2D eigenvalue weighted by molar-refractivity contribution is 0.573. The molecule has 2 N–H and O–H groups in total. The van der Waals surface area contributed by atoms with Crippen LogP contribution in [-0.2, 0) is 6.54 Å². The summed E-state index contributed by atoms with van der Waals surface area (Å²) in [6, 6.07) is 13.0. The van der Waals surface area contributed by atoms with E-state index in [0.29, 0.717) is 6.04 Å². The van der Waals surface area contributed by atoms with Crippen molar-refractivity contribution < 1.29 is 0 Å². The molecular formula is C17H19N3S. The predicted octanol–water partition coefficient (Wildman–Crippen LogP) is 4.30. The highest BCUT2D eigenvalue weighted by Gasteiger charge is 2.11. The Morgan fingerprint density at radius 1 is 1.24 bits per heavy atom. The molecule has 0 bridgehead atoms. The third kappa shape index (κ3) is 3.06. The maximum atomic E-state index is 4.19. The Kier molecular flexibility index (Phi) is 4.18. The fourth-order valence-corrected chi connectivity index (χ4v) is 3.28. The standard InChI is InChI=1S/C17H19N3S/c1-12-6-3-4-7-15(12)13(2)18-10-14-11-19-20-17(14)16-8-5-9-21-16/h3-9,11,13,18H,10H2,1-2H3,(H,19,20)/t13-/m0/s1. The van der Waals surface area contributed by atoms with Crippen molar-refractivity contribution in [3.05, 3.63) is 64.7 Å². The maximum Gasteiger partial charge on any atom is 0.0794 e. The lowest BCUT2D eigenvalue weighted by Crippen LogP contribution is -2.18. The number of benzene rings is 1. The molecule has 21 heavy (non-hydrogen) atoms. The van der Waals surface area contributed by atoms with E-state index in [1.165, 1.54) is 21.6 Å². The summed E-state index contributed by atoms with van der Waals surface area (Å²) in [6.45, 7) is 5.16. The Morgan fingerprint density at radius 2 is 2.10 bits per heavy atom. The van der Waals surface area contributed by atoms with Gasteiger partial charge in [-0.3, -0.25) is 5.10 Å². The van der Waals surface area contributed by atoms with E-state index < -0.39 is 0 Å². The van der Waals surface area contributed by atoms with Gasteiger partial charge in [-0.15, -0.1) is 11.3 Å². The molecule has 0 fully saturated rings. The molecule has 2 aromatic heterocycles. The van der Waals surface area contributed by atoms with Crippen molar-refractivity contribution in [2.75, 3.05) is 0 Å². The average molecular weight is 297 g/mol. The molecule has 1 atom stereocenters. The molecule has 0 saturated heterocycles. The Morgan fingerprint density at radius 3 is 2.86 bits per heavy atom. The highest BCUT2D eigenvalue weighted by atomic mass is 32.1. The highest BCUT2D eigenvalue weighted by molar-refractivity contribution is 7.13. The van der Waals surface area contributed by atoms with Crippen LogP contribution in [0, 0.1) is 6.92 Å². The lowest BCUT2D eigenvalue weighted by atomic mass is 10.0. The van der Waals surface area contributed by atoms with E-state index in [0.717, 1.165) is 12.2 Å². The van der Waals surface area contributed by atoms with Gasteiger partial charge >= 0.3 is 0 Å². The van der Waals surface area contributed by atoms with Crippen LogP contribution in [0.15, 0.2) is 48.0 Å². The smallest absolute Gasteiger partial charge is 0.0794 e. The van der Waals surface area contributed by atoms with Gasteiger partial charge in [-0.25, -0.2) is 0 Å². The zero-order chi connectivity index (χ0) is 14.7. The molecular weight excluding hydrogens is 278 g/mol. The fourth-order valence-electron chi connectivity index (χ4n) is 2.52. The van der Waals surface area contributed by atoms with E-state index in [-0.39, 0.29) is 0 Å². The van der Waals surface area contributed by atoms with Crippen LogP contribution in [-0.4, -0.2) is 10.2 Å². The fraction of sp³-hybridized carbons (Fsp3) is 0.235. The number of nitrogens with one attached hydrogen (secondary N) is 2. The van der Waals surface area contributed by atoms with Crippen molar-refractivity contribution in [2.24, 2.45) is 0 Å². The van der Waals surface area contributed by atoms with Crippen LogP contribution < -0.4 is 5.32 Å². The minimum Gasteiger partial charge on any atom is -0.306 e. The zero-order valence-electron chi connectivity index (χ0n) is 12.3. The highest BCUT2D eigenvalue weighted by Crippen LogP contribution is 2.26. The van der Waals surface area contributed by atoms with Gasteiger partial charge in [-0.05, 0) is 36.4 Å². The molecule has 1 aromatic carbocycles. The van der Waals surface area contributed by atoms with Gasteiger partial charge in [0.15, 0.2) is 0 Å². The largest absolute Gasteiger partial charge is 0.306 e. The van der Waals surface area contributed by atoms with Gasteiger partial charge < -0.3 is 5.32 Å². The first-order chi connectivity index (χ1) is 10.3. The summed E-state index contributed by atoms with van der Waals surface area (Å²) in [5, 5.41) is 13.0. The molecule has 2 heterocycles. The number of aryl methyl sites for hydroxylation is 1. The summed E-state index contributed by atoms with van der Waals surface area (Å²) in [6.07, 6.45) is 1.91. The Balaban J connectivity index is 1.72.